The van der Waals surface area contributed by atoms with Crippen LogP contribution in [0.15, 0.2) is 59.6 Å². The lowest BCUT2D eigenvalue weighted by Gasteiger charge is -2.06. The highest BCUT2D eigenvalue weighted by Crippen LogP contribution is 2.29. The van der Waals surface area contributed by atoms with Crippen LogP contribution in [0.2, 0.25) is 0 Å². The summed E-state index contributed by atoms with van der Waals surface area (Å²) in [6.45, 7) is 0. The van der Waals surface area contributed by atoms with Gasteiger partial charge >= 0.3 is 6.18 Å². The SMILES string of the molecule is FC(F)(F)c1cccc(C=Nc2ccccc2)c1. The molecule has 0 unspecified atom stereocenters. The number of nitrogens with zero attached hydrogens (tertiary/aromatic N) is 1. The van der Waals surface area contributed by atoms with Crippen LogP contribution in [0.1, 0.15) is 11.1 Å². The highest BCUT2D eigenvalue weighted by molar-refractivity contribution is 5.82. The largest absolute Gasteiger partial charge is 0.416 e. The molecule has 0 aliphatic heterocycles. The Kier molecular flexibility index (Phi) is 3.46. The molecular formula is C14H10F3N. The summed E-state index contributed by atoms with van der Waals surface area (Å²) >= 11 is 0. The van der Waals surface area contributed by atoms with Gasteiger partial charge in [-0.15, -0.1) is 0 Å². The van der Waals surface area contributed by atoms with Crippen molar-refractivity contribution in [2.75, 3.05) is 0 Å². The lowest BCUT2D eigenvalue weighted by atomic mass is 10.1. The van der Waals surface area contributed by atoms with Gasteiger partial charge < -0.3 is 0 Å². The van der Waals surface area contributed by atoms with Crippen LogP contribution >= 0.6 is 0 Å². The molecule has 0 bridgehead atoms. The molecule has 2 aromatic rings. The Labute approximate surface area is 103 Å². The zero-order valence-electron chi connectivity index (χ0n) is 9.35. The van der Waals surface area contributed by atoms with Crippen molar-refractivity contribution in [3.05, 3.63) is 65.7 Å². The van der Waals surface area contributed by atoms with Crippen molar-refractivity contribution in [3.63, 3.8) is 0 Å². The molecule has 4 heteroatoms. The van der Waals surface area contributed by atoms with Crippen LogP contribution < -0.4 is 0 Å². The van der Waals surface area contributed by atoms with E-state index in [1.54, 1.807) is 18.2 Å². The third-order valence-electron chi connectivity index (χ3n) is 2.33. The van der Waals surface area contributed by atoms with E-state index < -0.39 is 11.7 Å². The summed E-state index contributed by atoms with van der Waals surface area (Å²) in [4.78, 5) is 4.11. The molecule has 0 atom stereocenters. The Hall–Kier alpha value is -2.10. The van der Waals surface area contributed by atoms with Crippen LogP contribution in [-0.2, 0) is 6.18 Å². The van der Waals surface area contributed by atoms with Crippen molar-refractivity contribution in [3.8, 4) is 0 Å². The van der Waals surface area contributed by atoms with Crippen molar-refractivity contribution >= 4 is 11.9 Å². The second kappa shape index (κ2) is 5.04. The van der Waals surface area contributed by atoms with Gasteiger partial charge in [-0.05, 0) is 29.8 Å². The van der Waals surface area contributed by atoms with E-state index in [0.717, 1.165) is 12.1 Å². The molecule has 0 aliphatic carbocycles. The zero-order chi connectivity index (χ0) is 13.0. The van der Waals surface area contributed by atoms with Gasteiger partial charge in [-0.3, -0.25) is 4.99 Å². The molecule has 1 nitrogen and oxygen atoms in total. The van der Waals surface area contributed by atoms with E-state index in [-0.39, 0.29) is 0 Å². The summed E-state index contributed by atoms with van der Waals surface area (Å²) in [7, 11) is 0. The van der Waals surface area contributed by atoms with E-state index in [0.29, 0.717) is 11.3 Å². The average Bonchev–Trinajstić information content (AvgIpc) is 2.37. The Morgan fingerprint density at radius 2 is 1.61 bits per heavy atom. The van der Waals surface area contributed by atoms with Gasteiger partial charge in [0.1, 0.15) is 0 Å². The predicted molar refractivity (Wildman–Crippen MR) is 65.1 cm³/mol. The molecule has 0 saturated carbocycles. The van der Waals surface area contributed by atoms with Gasteiger partial charge in [-0.2, -0.15) is 13.2 Å². The number of para-hydroxylation sites is 1. The number of halogens is 3. The highest BCUT2D eigenvalue weighted by atomic mass is 19.4. The number of benzene rings is 2. The van der Waals surface area contributed by atoms with Gasteiger partial charge in [0.05, 0.1) is 11.3 Å². The molecule has 0 amide bonds. The first-order valence-corrected chi connectivity index (χ1v) is 5.32. The summed E-state index contributed by atoms with van der Waals surface area (Å²) in [6.07, 6.45) is -2.90. The normalized spacial score (nSPS) is 11.9. The predicted octanol–water partition coefficient (Wildman–Crippen LogP) is 4.46. The molecular weight excluding hydrogens is 239 g/mol. The van der Waals surface area contributed by atoms with Crippen LogP contribution in [0.4, 0.5) is 18.9 Å². The molecule has 2 rings (SSSR count). The van der Waals surface area contributed by atoms with Crippen molar-refractivity contribution < 1.29 is 13.2 Å². The molecule has 92 valence electrons. The molecule has 0 aromatic heterocycles. The van der Waals surface area contributed by atoms with Gasteiger partial charge in [0.2, 0.25) is 0 Å². The van der Waals surface area contributed by atoms with Crippen molar-refractivity contribution in [1.29, 1.82) is 0 Å². The number of hydrogen-bond acceptors (Lipinski definition) is 1. The highest BCUT2D eigenvalue weighted by Gasteiger charge is 2.30. The molecule has 0 fully saturated rings. The van der Waals surface area contributed by atoms with Gasteiger partial charge in [0, 0.05) is 6.21 Å². The third-order valence-corrected chi connectivity index (χ3v) is 2.33. The Bertz CT molecular complexity index is 544. The summed E-state index contributed by atoms with van der Waals surface area (Å²) < 4.78 is 37.5. The molecule has 0 aliphatic rings. The van der Waals surface area contributed by atoms with E-state index in [2.05, 4.69) is 4.99 Å². The lowest BCUT2D eigenvalue weighted by Crippen LogP contribution is -2.04. The quantitative estimate of drug-likeness (QED) is 0.697. The molecule has 18 heavy (non-hydrogen) atoms. The average molecular weight is 249 g/mol. The maximum absolute atomic E-state index is 12.5. The molecule has 0 heterocycles. The lowest BCUT2D eigenvalue weighted by molar-refractivity contribution is -0.137. The van der Waals surface area contributed by atoms with Crippen LogP contribution in [0.5, 0.6) is 0 Å². The summed E-state index contributed by atoms with van der Waals surface area (Å²) in [5.74, 6) is 0. The van der Waals surface area contributed by atoms with Crippen molar-refractivity contribution in [2.45, 2.75) is 6.18 Å². The Morgan fingerprint density at radius 3 is 2.28 bits per heavy atom. The van der Waals surface area contributed by atoms with Gasteiger partial charge in [0.25, 0.3) is 0 Å². The van der Waals surface area contributed by atoms with Gasteiger partial charge in [0.15, 0.2) is 0 Å². The van der Waals surface area contributed by atoms with E-state index in [4.69, 9.17) is 0 Å². The number of alkyl halides is 3. The molecule has 0 radical (unpaired) electrons. The Balaban J connectivity index is 2.23. The molecule has 0 spiro atoms. The molecule has 0 saturated heterocycles. The second-order valence-corrected chi connectivity index (χ2v) is 3.72. The first-order chi connectivity index (χ1) is 8.55. The second-order valence-electron chi connectivity index (χ2n) is 3.72. The van der Waals surface area contributed by atoms with Gasteiger partial charge in [-0.1, -0.05) is 30.3 Å². The van der Waals surface area contributed by atoms with Crippen LogP contribution in [0, 0.1) is 0 Å². The minimum atomic E-state index is -4.32. The standard InChI is InChI=1S/C14H10F3N/c15-14(16,17)12-6-4-5-11(9-12)10-18-13-7-2-1-3-8-13/h1-10H. The fourth-order valence-electron chi connectivity index (χ4n) is 1.46. The fraction of sp³-hybridized carbons (Fsp3) is 0.0714. The van der Waals surface area contributed by atoms with E-state index in [1.807, 2.05) is 18.2 Å². The summed E-state index contributed by atoms with van der Waals surface area (Å²) in [6, 6.07) is 14.1. The monoisotopic (exact) mass is 249 g/mol. The molecule has 2 aromatic carbocycles. The smallest absolute Gasteiger partial charge is 0.256 e. The van der Waals surface area contributed by atoms with E-state index >= 15 is 0 Å². The Morgan fingerprint density at radius 1 is 0.889 bits per heavy atom. The summed E-state index contributed by atoms with van der Waals surface area (Å²) in [5, 5.41) is 0. The number of hydrogen-bond donors (Lipinski definition) is 0. The topological polar surface area (TPSA) is 12.4 Å². The van der Waals surface area contributed by atoms with Crippen LogP contribution in [-0.4, -0.2) is 6.21 Å². The van der Waals surface area contributed by atoms with Gasteiger partial charge in [-0.25, -0.2) is 0 Å². The zero-order valence-corrected chi connectivity index (χ0v) is 9.35. The van der Waals surface area contributed by atoms with Crippen LogP contribution in [0.3, 0.4) is 0 Å². The molecule has 0 N–H and O–H groups in total. The minimum absolute atomic E-state index is 0.425. The third kappa shape index (κ3) is 3.20. The minimum Gasteiger partial charge on any atom is -0.256 e. The van der Waals surface area contributed by atoms with E-state index in [1.165, 1.54) is 12.3 Å². The summed E-state index contributed by atoms with van der Waals surface area (Å²) in [5.41, 5.74) is 0.461. The maximum Gasteiger partial charge on any atom is 0.416 e. The first kappa shape index (κ1) is 12.4. The van der Waals surface area contributed by atoms with Crippen molar-refractivity contribution in [2.24, 2.45) is 4.99 Å². The number of aliphatic imine (C=N–C) groups is 1. The fourth-order valence-corrected chi connectivity index (χ4v) is 1.46. The van der Waals surface area contributed by atoms with E-state index in [9.17, 15) is 13.2 Å². The van der Waals surface area contributed by atoms with Crippen molar-refractivity contribution in [1.82, 2.24) is 0 Å². The first-order valence-electron chi connectivity index (χ1n) is 5.32. The maximum atomic E-state index is 12.5. The van der Waals surface area contributed by atoms with Crippen LogP contribution in [0.25, 0.3) is 0 Å². The number of rotatable bonds is 2.